The molecular formula is C14H16O3. The maximum Gasteiger partial charge on any atom is 0.309 e. The molecular weight excluding hydrogens is 216 g/mol. The van der Waals surface area contributed by atoms with Crippen LogP contribution in [0, 0.1) is 0 Å². The molecule has 0 bridgehead atoms. The lowest BCUT2D eigenvalue weighted by Crippen LogP contribution is -2.01. The molecule has 0 radical (unpaired) electrons. The topological polar surface area (TPSA) is 43.4 Å². The normalized spacial score (nSPS) is 10.5. The Morgan fingerprint density at radius 3 is 2.76 bits per heavy atom. The molecule has 0 amide bonds. The van der Waals surface area contributed by atoms with Gasteiger partial charge in [-0.05, 0) is 25.5 Å². The zero-order valence-corrected chi connectivity index (χ0v) is 10.1. The van der Waals surface area contributed by atoms with E-state index in [-0.39, 0.29) is 18.2 Å². The van der Waals surface area contributed by atoms with Crippen LogP contribution in [0.3, 0.4) is 0 Å². The van der Waals surface area contributed by atoms with Crippen LogP contribution >= 0.6 is 0 Å². The van der Waals surface area contributed by atoms with E-state index in [0.717, 1.165) is 5.56 Å². The summed E-state index contributed by atoms with van der Waals surface area (Å²) in [6.07, 6.45) is 3.79. The minimum atomic E-state index is -0.244. The number of ether oxygens (including phenoxy) is 1. The third-order valence-electron chi connectivity index (χ3n) is 2.19. The fraction of sp³-hybridized carbons (Fsp3) is 0.286. The molecule has 1 aromatic carbocycles. The highest BCUT2D eigenvalue weighted by molar-refractivity contribution is 5.94. The number of rotatable bonds is 5. The molecule has 3 nitrogen and oxygen atoms in total. The molecule has 0 fully saturated rings. The van der Waals surface area contributed by atoms with Gasteiger partial charge in [-0.25, -0.2) is 0 Å². The van der Waals surface area contributed by atoms with Crippen LogP contribution in [0.5, 0.6) is 0 Å². The smallest absolute Gasteiger partial charge is 0.309 e. The van der Waals surface area contributed by atoms with Crippen LogP contribution < -0.4 is 0 Å². The second-order valence-corrected chi connectivity index (χ2v) is 3.59. The average Bonchev–Trinajstić information content (AvgIpc) is 2.30. The number of carbonyl (C=O) groups excluding carboxylic acids is 2. The van der Waals surface area contributed by atoms with Crippen LogP contribution in [0.4, 0.5) is 0 Å². The van der Waals surface area contributed by atoms with E-state index in [2.05, 4.69) is 0 Å². The molecule has 0 atom stereocenters. The Morgan fingerprint density at radius 1 is 1.35 bits per heavy atom. The van der Waals surface area contributed by atoms with Gasteiger partial charge in [-0.15, -0.1) is 0 Å². The summed E-state index contributed by atoms with van der Waals surface area (Å²) in [6.45, 7) is 3.70. The zero-order chi connectivity index (χ0) is 12.7. The summed E-state index contributed by atoms with van der Waals surface area (Å²) in [5, 5.41) is 0. The van der Waals surface area contributed by atoms with E-state index in [4.69, 9.17) is 4.74 Å². The van der Waals surface area contributed by atoms with Crippen molar-refractivity contribution in [2.24, 2.45) is 0 Å². The van der Waals surface area contributed by atoms with Gasteiger partial charge in [0.1, 0.15) is 0 Å². The molecule has 0 spiro atoms. The first kappa shape index (κ1) is 13.2. The Morgan fingerprint density at radius 2 is 2.12 bits per heavy atom. The Labute approximate surface area is 101 Å². The van der Waals surface area contributed by atoms with Crippen LogP contribution in [-0.4, -0.2) is 18.4 Å². The van der Waals surface area contributed by atoms with E-state index in [1.54, 1.807) is 25.1 Å². The van der Waals surface area contributed by atoms with Gasteiger partial charge >= 0.3 is 5.97 Å². The molecule has 1 aromatic rings. The van der Waals surface area contributed by atoms with E-state index < -0.39 is 0 Å². The summed E-state index contributed by atoms with van der Waals surface area (Å²) in [7, 11) is 0. The first-order valence-electron chi connectivity index (χ1n) is 5.56. The summed E-state index contributed by atoms with van der Waals surface area (Å²) in [4.78, 5) is 22.2. The van der Waals surface area contributed by atoms with E-state index >= 15 is 0 Å². The van der Waals surface area contributed by atoms with Gasteiger partial charge in [-0.3, -0.25) is 9.59 Å². The Hall–Kier alpha value is -1.90. The number of benzene rings is 1. The van der Waals surface area contributed by atoms with Crippen molar-refractivity contribution < 1.29 is 14.3 Å². The first-order valence-corrected chi connectivity index (χ1v) is 5.56. The predicted octanol–water partition coefficient (Wildman–Crippen LogP) is 2.86. The lowest BCUT2D eigenvalue weighted by molar-refractivity contribution is -0.142. The summed E-state index contributed by atoms with van der Waals surface area (Å²) in [6, 6.07) is 7.27. The van der Waals surface area contributed by atoms with Crippen molar-refractivity contribution in [3.8, 4) is 0 Å². The second-order valence-electron chi connectivity index (χ2n) is 3.59. The van der Waals surface area contributed by atoms with Gasteiger partial charge in [0.15, 0.2) is 5.78 Å². The Bertz CT molecular complexity index is 433. The van der Waals surface area contributed by atoms with E-state index in [0.29, 0.717) is 12.2 Å². The fourth-order valence-electron chi connectivity index (χ4n) is 1.37. The third-order valence-corrected chi connectivity index (χ3v) is 2.19. The van der Waals surface area contributed by atoms with Gasteiger partial charge in [-0.1, -0.05) is 30.4 Å². The van der Waals surface area contributed by atoms with Crippen LogP contribution in [0.2, 0.25) is 0 Å². The maximum atomic E-state index is 11.2. The van der Waals surface area contributed by atoms with Crippen molar-refractivity contribution >= 4 is 17.8 Å². The minimum Gasteiger partial charge on any atom is -0.466 e. The summed E-state index contributed by atoms with van der Waals surface area (Å²) >= 11 is 0. The molecule has 0 saturated carbocycles. The Kier molecular flexibility index (Phi) is 5.14. The molecule has 1 rings (SSSR count). The van der Waals surface area contributed by atoms with Crippen molar-refractivity contribution in [2.75, 3.05) is 6.61 Å². The molecule has 0 aromatic heterocycles. The number of esters is 1. The molecule has 0 heterocycles. The number of hydrogen-bond acceptors (Lipinski definition) is 3. The van der Waals surface area contributed by atoms with Crippen LogP contribution in [0.1, 0.15) is 36.2 Å². The lowest BCUT2D eigenvalue weighted by Gasteiger charge is -1.98. The molecule has 0 saturated heterocycles. The largest absolute Gasteiger partial charge is 0.466 e. The highest BCUT2D eigenvalue weighted by Gasteiger charge is 1.99. The number of ketones is 1. The molecule has 0 unspecified atom stereocenters. The standard InChI is InChI=1S/C14H16O3/c1-3-17-14(16)9-5-7-12-6-4-8-13(10-12)11(2)15/h4-8,10H,3,9H2,1-2H3. The lowest BCUT2D eigenvalue weighted by atomic mass is 10.1. The highest BCUT2D eigenvalue weighted by Crippen LogP contribution is 2.08. The molecule has 0 aliphatic carbocycles. The first-order chi connectivity index (χ1) is 8.13. The van der Waals surface area contributed by atoms with Gasteiger partial charge in [0.25, 0.3) is 0 Å². The van der Waals surface area contributed by atoms with Gasteiger partial charge in [0.05, 0.1) is 13.0 Å². The molecule has 3 heteroatoms. The number of hydrogen-bond donors (Lipinski definition) is 0. The zero-order valence-electron chi connectivity index (χ0n) is 10.1. The van der Waals surface area contributed by atoms with Gasteiger partial charge in [-0.2, -0.15) is 0 Å². The maximum absolute atomic E-state index is 11.2. The van der Waals surface area contributed by atoms with Crippen molar-refractivity contribution in [3.63, 3.8) is 0 Å². The minimum absolute atomic E-state index is 0.0330. The van der Waals surface area contributed by atoms with E-state index in [1.165, 1.54) is 6.92 Å². The van der Waals surface area contributed by atoms with Crippen LogP contribution in [-0.2, 0) is 9.53 Å². The predicted molar refractivity (Wildman–Crippen MR) is 66.7 cm³/mol. The molecule has 0 aliphatic heterocycles. The van der Waals surface area contributed by atoms with Crippen molar-refractivity contribution in [3.05, 3.63) is 41.5 Å². The number of Topliss-reactive ketones (excluding diaryl/α,β-unsaturated/α-hetero) is 1. The second kappa shape index (κ2) is 6.63. The summed E-state index contributed by atoms with van der Waals surface area (Å²) < 4.78 is 4.80. The quantitative estimate of drug-likeness (QED) is 0.579. The average molecular weight is 232 g/mol. The summed E-state index contributed by atoms with van der Waals surface area (Å²) in [5.74, 6) is -0.211. The van der Waals surface area contributed by atoms with Crippen molar-refractivity contribution in [1.29, 1.82) is 0 Å². The Balaban J connectivity index is 2.62. The van der Waals surface area contributed by atoms with Gasteiger partial charge < -0.3 is 4.74 Å². The van der Waals surface area contributed by atoms with E-state index in [1.807, 2.05) is 18.2 Å². The van der Waals surface area contributed by atoms with Gasteiger partial charge in [0.2, 0.25) is 0 Å². The molecule has 0 N–H and O–H groups in total. The summed E-state index contributed by atoms with van der Waals surface area (Å²) in [5.41, 5.74) is 1.57. The fourth-order valence-corrected chi connectivity index (χ4v) is 1.37. The van der Waals surface area contributed by atoms with E-state index in [9.17, 15) is 9.59 Å². The van der Waals surface area contributed by atoms with Gasteiger partial charge in [0, 0.05) is 5.56 Å². The number of carbonyl (C=O) groups is 2. The molecule has 17 heavy (non-hydrogen) atoms. The SMILES string of the molecule is CCOC(=O)CC=Cc1cccc(C(C)=O)c1. The highest BCUT2D eigenvalue weighted by atomic mass is 16.5. The monoisotopic (exact) mass is 232 g/mol. The third kappa shape index (κ3) is 4.64. The van der Waals surface area contributed by atoms with Crippen molar-refractivity contribution in [2.45, 2.75) is 20.3 Å². The van der Waals surface area contributed by atoms with Crippen LogP contribution in [0.25, 0.3) is 6.08 Å². The molecule has 0 aliphatic rings. The molecule has 90 valence electrons. The van der Waals surface area contributed by atoms with Crippen LogP contribution in [0.15, 0.2) is 30.3 Å². The van der Waals surface area contributed by atoms with Crippen molar-refractivity contribution in [1.82, 2.24) is 0 Å².